The highest BCUT2D eigenvalue weighted by molar-refractivity contribution is 5.87. The maximum Gasteiger partial charge on any atom is 0.343 e. The Labute approximate surface area is 314 Å². The van der Waals surface area contributed by atoms with Crippen LogP contribution in [0.15, 0.2) is 35.1 Å². The van der Waals surface area contributed by atoms with Crippen LogP contribution >= 0.6 is 0 Å². The van der Waals surface area contributed by atoms with E-state index in [4.69, 9.17) is 57.5 Å². The van der Waals surface area contributed by atoms with Gasteiger partial charge in [0.15, 0.2) is 5.60 Å². The van der Waals surface area contributed by atoms with E-state index in [-0.39, 0.29) is 25.2 Å². The smallest absolute Gasteiger partial charge is 0.343 e. The van der Waals surface area contributed by atoms with Crippen molar-refractivity contribution in [2.45, 2.75) is 32.1 Å². The maximum atomic E-state index is 13.4. The average Bonchev–Trinajstić information content (AvgIpc) is 3.54. The summed E-state index contributed by atoms with van der Waals surface area (Å²) >= 11 is 0. The molecule has 2 aliphatic rings. The molecule has 54 heavy (non-hydrogen) atoms. The number of rotatable bonds is 28. The van der Waals surface area contributed by atoms with Gasteiger partial charge < -0.3 is 62.1 Å². The van der Waals surface area contributed by atoms with Gasteiger partial charge in [0.05, 0.1) is 141 Å². The van der Waals surface area contributed by atoms with Crippen molar-refractivity contribution in [2.24, 2.45) is 0 Å². The molecule has 0 bridgehead atoms. The molecule has 2 aliphatic heterocycles. The predicted molar refractivity (Wildman–Crippen MR) is 194 cm³/mol. The number of esters is 1. The second-order valence-corrected chi connectivity index (χ2v) is 12.4. The second-order valence-electron chi connectivity index (χ2n) is 12.4. The molecule has 0 fully saturated rings. The molecular formula is C38H52N2O14. The molecule has 0 unspecified atom stereocenters. The normalized spacial score (nSPS) is 16.0. The van der Waals surface area contributed by atoms with Crippen molar-refractivity contribution in [3.63, 3.8) is 0 Å². The summed E-state index contributed by atoms with van der Waals surface area (Å²) in [5, 5.41) is 20.5. The van der Waals surface area contributed by atoms with Gasteiger partial charge in [-0.05, 0) is 36.8 Å². The highest BCUT2D eigenvalue weighted by atomic mass is 16.6. The summed E-state index contributed by atoms with van der Waals surface area (Å²) in [5.41, 5.74) is 1.27. The van der Waals surface area contributed by atoms with Gasteiger partial charge in [-0.25, -0.2) is 9.78 Å². The zero-order chi connectivity index (χ0) is 38.0. The summed E-state index contributed by atoms with van der Waals surface area (Å²) < 4.78 is 56.1. The molecule has 2 aromatic heterocycles. The molecule has 0 spiro atoms. The van der Waals surface area contributed by atoms with Crippen LogP contribution in [0.1, 0.15) is 30.0 Å². The van der Waals surface area contributed by atoms with Crippen LogP contribution in [0.2, 0.25) is 0 Å². The van der Waals surface area contributed by atoms with E-state index in [0.717, 1.165) is 16.5 Å². The fourth-order valence-corrected chi connectivity index (χ4v) is 5.98. The van der Waals surface area contributed by atoms with Crippen LogP contribution in [0, 0.1) is 0 Å². The van der Waals surface area contributed by atoms with E-state index in [1.807, 2.05) is 24.3 Å². The predicted octanol–water partition coefficient (Wildman–Crippen LogP) is 1.58. The van der Waals surface area contributed by atoms with Gasteiger partial charge in [0, 0.05) is 16.5 Å². The number of aromatic nitrogens is 2. The lowest BCUT2D eigenvalue weighted by Gasteiger charge is -2.31. The van der Waals surface area contributed by atoms with E-state index in [2.05, 4.69) is 0 Å². The van der Waals surface area contributed by atoms with Crippen LogP contribution in [-0.4, -0.2) is 145 Å². The van der Waals surface area contributed by atoms with Gasteiger partial charge >= 0.3 is 5.97 Å². The summed E-state index contributed by atoms with van der Waals surface area (Å²) in [7, 11) is 0. The Bertz CT molecular complexity index is 1680. The van der Waals surface area contributed by atoms with Crippen molar-refractivity contribution in [1.82, 2.24) is 9.55 Å². The number of fused-ring (bicyclic) bond motifs is 5. The first-order valence-corrected chi connectivity index (χ1v) is 18.4. The lowest BCUT2D eigenvalue weighted by molar-refractivity contribution is -0.172. The maximum absolute atomic E-state index is 13.4. The lowest BCUT2D eigenvalue weighted by atomic mass is 9.86. The first-order chi connectivity index (χ1) is 26.5. The zero-order valence-corrected chi connectivity index (χ0v) is 30.9. The van der Waals surface area contributed by atoms with Crippen molar-refractivity contribution in [2.75, 3.05) is 119 Å². The van der Waals surface area contributed by atoms with Gasteiger partial charge in [-0.2, -0.15) is 0 Å². The molecule has 5 rings (SSSR count). The molecule has 16 nitrogen and oxygen atoms in total. The third kappa shape index (κ3) is 11.5. The number of cyclic esters (lactones) is 1. The van der Waals surface area contributed by atoms with Gasteiger partial charge in [-0.1, -0.05) is 6.92 Å². The molecule has 4 heterocycles. The Morgan fingerprint density at radius 3 is 1.76 bits per heavy atom. The van der Waals surface area contributed by atoms with E-state index in [1.165, 1.54) is 0 Å². The number of hydrogen-bond donors (Lipinski definition) is 2. The average molecular weight is 761 g/mol. The molecule has 3 aromatic rings. The van der Waals surface area contributed by atoms with Gasteiger partial charge in [0.2, 0.25) is 0 Å². The zero-order valence-electron chi connectivity index (χ0n) is 30.9. The molecule has 0 aliphatic carbocycles. The van der Waals surface area contributed by atoms with Crippen LogP contribution in [0.5, 0.6) is 5.75 Å². The van der Waals surface area contributed by atoms with Crippen LogP contribution in [-0.2, 0) is 66.2 Å². The molecule has 2 N–H and O–H groups in total. The Balaban J connectivity index is 0.869. The first kappa shape index (κ1) is 41.6. The summed E-state index contributed by atoms with van der Waals surface area (Å²) in [6, 6.07) is 9.30. The largest absolute Gasteiger partial charge is 0.491 e. The highest BCUT2D eigenvalue weighted by Crippen LogP contribution is 2.38. The van der Waals surface area contributed by atoms with E-state index in [9.17, 15) is 14.7 Å². The topological polar surface area (TPSA) is 185 Å². The number of nitrogens with zero attached hydrogens (tertiary/aromatic N) is 2. The Morgan fingerprint density at radius 1 is 0.722 bits per heavy atom. The number of carbonyl (C=O) groups excluding carboxylic acids is 1. The summed E-state index contributed by atoms with van der Waals surface area (Å²) in [6.45, 7) is 9.52. The van der Waals surface area contributed by atoms with Crippen LogP contribution in [0.4, 0.5) is 0 Å². The molecule has 1 aromatic carbocycles. The SMILES string of the molecule is CC[C@@]1(O)C(=O)OCc2c1cc1n(c2=O)Cc2cc3cc(OCCOCCOCCOCCOCCOCCOCCOCCOCCO)ccc3nc2-1. The number of ether oxygens (including phenoxy) is 10. The molecule has 298 valence electrons. The van der Waals surface area contributed by atoms with Crippen LogP contribution in [0.3, 0.4) is 0 Å². The number of hydrogen-bond acceptors (Lipinski definition) is 15. The van der Waals surface area contributed by atoms with Crippen molar-refractivity contribution in [3.05, 3.63) is 57.4 Å². The Morgan fingerprint density at radius 2 is 1.24 bits per heavy atom. The Kier molecular flexibility index (Phi) is 17.0. The van der Waals surface area contributed by atoms with E-state index >= 15 is 0 Å². The van der Waals surface area contributed by atoms with Gasteiger partial charge in [0.1, 0.15) is 19.0 Å². The number of aliphatic hydroxyl groups is 2. The van der Waals surface area contributed by atoms with E-state index in [1.54, 1.807) is 17.6 Å². The molecule has 0 radical (unpaired) electrons. The minimum Gasteiger partial charge on any atom is -0.491 e. The van der Waals surface area contributed by atoms with Gasteiger partial charge in [-0.15, -0.1) is 0 Å². The molecule has 1 atom stereocenters. The quantitative estimate of drug-likeness (QED) is 0.0628. The molecular weight excluding hydrogens is 708 g/mol. The fourth-order valence-electron chi connectivity index (χ4n) is 5.98. The van der Waals surface area contributed by atoms with E-state index < -0.39 is 11.6 Å². The van der Waals surface area contributed by atoms with E-state index in [0.29, 0.717) is 147 Å². The molecule has 0 saturated carbocycles. The van der Waals surface area contributed by atoms with Crippen molar-refractivity contribution < 1.29 is 62.4 Å². The third-order valence-electron chi connectivity index (χ3n) is 8.82. The van der Waals surface area contributed by atoms with Crippen molar-refractivity contribution in [1.29, 1.82) is 0 Å². The first-order valence-electron chi connectivity index (χ1n) is 18.4. The summed E-state index contributed by atoms with van der Waals surface area (Å²) in [6.07, 6.45) is 0.0931. The molecule has 16 heteroatoms. The number of carbonyl (C=O) groups is 1. The van der Waals surface area contributed by atoms with Crippen LogP contribution in [0.25, 0.3) is 22.3 Å². The van der Waals surface area contributed by atoms with Gasteiger partial charge in [-0.3, -0.25) is 4.79 Å². The third-order valence-corrected chi connectivity index (χ3v) is 8.82. The monoisotopic (exact) mass is 760 g/mol. The van der Waals surface area contributed by atoms with Gasteiger partial charge in [0.25, 0.3) is 5.56 Å². The second kappa shape index (κ2) is 22.1. The van der Waals surface area contributed by atoms with Crippen molar-refractivity contribution >= 4 is 16.9 Å². The lowest BCUT2D eigenvalue weighted by Crippen LogP contribution is -2.44. The minimum absolute atomic E-state index is 0.0142. The molecule has 0 saturated heterocycles. The fraction of sp³-hybridized carbons (Fsp3) is 0.605. The summed E-state index contributed by atoms with van der Waals surface area (Å²) in [4.78, 5) is 30.6. The number of pyridine rings is 2. The number of aliphatic hydroxyl groups excluding tert-OH is 1. The standard InChI is InChI=1S/C38H52N2O14/c1-2-38(44)32-25-34-35-29(26-40(34)36(42)31(32)27-54-37(38)43)23-28-24-30(3-4-33(28)39-35)53-22-21-52-20-19-51-18-17-50-16-15-49-14-13-48-12-11-47-10-9-46-8-7-45-6-5-41/h3-4,23-25,41,44H,2,5-22,26-27H2,1H3/t38-/m0/s1. The highest BCUT2D eigenvalue weighted by Gasteiger charge is 2.45. The molecule has 0 amide bonds. The van der Waals surface area contributed by atoms with Crippen LogP contribution < -0.4 is 10.3 Å². The van der Waals surface area contributed by atoms with Crippen molar-refractivity contribution in [3.8, 4) is 17.1 Å². The number of benzene rings is 1. The summed E-state index contributed by atoms with van der Waals surface area (Å²) in [5.74, 6) is -0.0698. The Hall–Kier alpha value is -3.55. The minimum atomic E-state index is -1.86.